The molecule has 0 heterocycles. The highest BCUT2D eigenvalue weighted by Crippen LogP contribution is 2.22. The highest BCUT2D eigenvalue weighted by molar-refractivity contribution is 7.88. The molecule has 2 rings (SSSR count). The third-order valence-corrected chi connectivity index (χ3v) is 5.57. The second kappa shape index (κ2) is 6.85. The largest absolute Gasteiger partial charge is 0.216 e. The lowest BCUT2D eigenvalue weighted by molar-refractivity contribution is 0.565. The highest BCUT2D eigenvalue weighted by Gasteiger charge is 2.18. The number of hydrogen-bond acceptors (Lipinski definition) is 2. The minimum Gasteiger partial charge on any atom is -0.212 e. The van der Waals surface area contributed by atoms with E-state index in [2.05, 4.69) is 23.8 Å². The summed E-state index contributed by atoms with van der Waals surface area (Å²) in [4.78, 5) is 0. The lowest BCUT2D eigenvalue weighted by atomic mass is 9.97. The maximum absolute atomic E-state index is 12.4. The standard InChI is InChI=1S/C19H25NO2S/c1-13-7-6-8-18(9-13)12-23(21,22)20-17(5)19-11-15(3)14(2)10-16(19)4/h6-11,17,20H,12H2,1-5H3/t17-/m0/s1. The van der Waals surface area contributed by atoms with Crippen LogP contribution in [0.4, 0.5) is 0 Å². The predicted octanol–water partition coefficient (Wildman–Crippen LogP) is 4.10. The first kappa shape index (κ1) is 17.7. The molecule has 0 bridgehead atoms. The molecule has 0 unspecified atom stereocenters. The van der Waals surface area contributed by atoms with Crippen molar-refractivity contribution in [2.24, 2.45) is 0 Å². The molecule has 0 aromatic heterocycles. The van der Waals surface area contributed by atoms with E-state index in [-0.39, 0.29) is 11.8 Å². The van der Waals surface area contributed by atoms with Crippen LogP contribution in [0.2, 0.25) is 0 Å². The van der Waals surface area contributed by atoms with Gasteiger partial charge in [0.05, 0.1) is 5.75 Å². The summed E-state index contributed by atoms with van der Waals surface area (Å²) >= 11 is 0. The summed E-state index contributed by atoms with van der Waals surface area (Å²) in [5.74, 6) is 0.00289. The molecule has 2 aromatic rings. The summed E-state index contributed by atoms with van der Waals surface area (Å²) in [6.07, 6.45) is 0. The Morgan fingerprint density at radius 3 is 2.26 bits per heavy atom. The quantitative estimate of drug-likeness (QED) is 0.896. The summed E-state index contributed by atoms with van der Waals surface area (Å²) in [6, 6.07) is 11.5. The molecule has 124 valence electrons. The zero-order chi connectivity index (χ0) is 17.2. The van der Waals surface area contributed by atoms with Crippen molar-refractivity contribution >= 4 is 10.0 Å². The number of aryl methyl sites for hydroxylation is 4. The van der Waals surface area contributed by atoms with Gasteiger partial charge in [0, 0.05) is 6.04 Å². The summed E-state index contributed by atoms with van der Waals surface area (Å²) in [5, 5.41) is 0. The van der Waals surface area contributed by atoms with E-state index in [1.807, 2.05) is 52.0 Å². The fraction of sp³-hybridized carbons (Fsp3) is 0.368. The molecule has 1 N–H and O–H groups in total. The molecule has 0 saturated carbocycles. The van der Waals surface area contributed by atoms with E-state index < -0.39 is 10.0 Å². The molecule has 0 amide bonds. The molecule has 23 heavy (non-hydrogen) atoms. The number of sulfonamides is 1. The van der Waals surface area contributed by atoms with Crippen LogP contribution in [0.25, 0.3) is 0 Å². The van der Waals surface area contributed by atoms with Crippen LogP contribution in [0, 0.1) is 27.7 Å². The summed E-state index contributed by atoms with van der Waals surface area (Å²) in [5.41, 5.74) is 6.41. The number of benzene rings is 2. The minimum absolute atomic E-state index is 0.00289. The zero-order valence-corrected chi connectivity index (χ0v) is 15.3. The van der Waals surface area contributed by atoms with Gasteiger partial charge in [-0.05, 0) is 62.4 Å². The van der Waals surface area contributed by atoms with E-state index in [1.165, 1.54) is 11.1 Å². The Labute approximate surface area is 139 Å². The molecule has 3 nitrogen and oxygen atoms in total. The Hall–Kier alpha value is -1.65. The molecule has 0 radical (unpaired) electrons. The van der Waals surface area contributed by atoms with Gasteiger partial charge in [0.2, 0.25) is 10.0 Å². The Bertz CT molecular complexity index is 810. The van der Waals surface area contributed by atoms with Gasteiger partial charge in [-0.25, -0.2) is 13.1 Å². The maximum Gasteiger partial charge on any atom is 0.216 e. The van der Waals surface area contributed by atoms with Crippen LogP contribution in [0.1, 0.15) is 46.3 Å². The van der Waals surface area contributed by atoms with Gasteiger partial charge in [-0.3, -0.25) is 0 Å². The van der Waals surface area contributed by atoms with E-state index in [4.69, 9.17) is 0 Å². The molecule has 0 aliphatic rings. The van der Waals surface area contributed by atoms with Gasteiger partial charge in [0.15, 0.2) is 0 Å². The molecule has 2 aromatic carbocycles. The van der Waals surface area contributed by atoms with E-state index in [0.717, 1.165) is 22.3 Å². The Kier molecular flexibility index (Phi) is 5.27. The fourth-order valence-electron chi connectivity index (χ4n) is 2.85. The van der Waals surface area contributed by atoms with Crippen molar-refractivity contribution in [3.8, 4) is 0 Å². The molecule has 0 spiro atoms. The molecular weight excluding hydrogens is 306 g/mol. The maximum atomic E-state index is 12.4. The monoisotopic (exact) mass is 331 g/mol. The van der Waals surface area contributed by atoms with Crippen LogP contribution in [0.15, 0.2) is 36.4 Å². The summed E-state index contributed by atoms with van der Waals surface area (Å²) in [6.45, 7) is 9.99. The normalized spacial score (nSPS) is 13.1. The molecule has 0 fully saturated rings. The summed E-state index contributed by atoms with van der Waals surface area (Å²) in [7, 11) is -3.39. The van der Waals surface area contributed by atoms with Crippen LogP contribution >= 0.6 is 0 Å². The smallest absolute Gasteiger partial charge is 0.212 e. The lowest BCUT2D eigenvalue weighted by Gasteiger charge is -2.18. The Balaban J connectivity index is 2.18. The first-order valence-corrected chi connectivity index (χ1v) is 9.46. The van der Waals surface area contributed by atoms with Gasteiger partial charge in [-0.15, -0.1) is 0 Å². The first-order chi connectivity index (χ1) is 10.7. The minimum atomic E-state index is -3.39. The van der Waals surface area contributed by atoms with Crippen LogP contribution in [0.5, 0.6) is 0 Å². The van der Waals surface area contributed by atoms with Gasteiger partial charge < -0.3 is 0 Å². The van der Waals surface area contributed by atoms with Crippen LogP contribution < -0.4 is 4.72 Å². The Morgan fingerprint density at radius 2 is 1.61 bits per heavy atom. The van der Waals surface area contributed by atoms with E-state index >= 15 is 0 Å². The topological polar surface area (TPSA) is 46.2 Å². The third kappa shape index (κ3) is 4.66. The van der Waals surface area contributed by atoms with Crippen molar-refractivity contribution in [2.45, 2.75) is 46.4 Å². The summed E-state index contributed by atoms with van der Waals surface area (Å²) < 4.78 is 27.7. The lowest BCUT2D eigenvalue weighted by Crippen LogP contribution is -2.28. The van der Waals surface area contributed by atoms with Gasteiger partial charge in [0.25, 0.3) is 0 Å². The van der Waals surface area contributed by atoms with Crippen molar-refractivity contribution in [3.63, 3.8) is 0 Å². The van der Waals surface area contributed by atoms with Crippen molar-refractivity contribution in [1.29, 1.82) is 0 Å². The number of rotatable bonds is 5. The average Bonchev–Trinajstić information content (AvgIpc) is 2.41. The molecule has 0 aliphatic heterocycles. The second-order valence-corrected chi connectivity index (χ2v) is 8.13. The molecule has 0 aliphatic carbocycles. The van der Waals surface area contributed by atoms with Crippen LogP contribution in [0.3, 0.4) is 0 Å². The molecule has 1 atom stereocenters. The SMILES string of the molecule is Cc1cccc(CS(=O)(=O)N[C@@H](C)c2cc(C)c(C)cc2C)c1. The fourth-order valence-corrected chi connectivity index (χ4v) is 4.21. The van der Waals surface area contributed by atoms with Crippen molar-refractivity contribution in [1.82, 2.24) is 4.72 Å². The van der Waals surface area contributed by atoms with Crippen molar-refractivity contribution in [3.05, 3.63) is 69.8 Å². The van der Waals surface area contributed by atoms with Gasteiger partial charge in [-0.2, -0.15) is 0 Å². The molecular formula is C19H25NO2S. The van der Waals surface area contributed by atoms with Crippen molar-refractivity contribution in [2.75, 3.05) is 0 Å². The number of nitrogens with one attached hydrogen (secondary N) is 1. The van der Waals surface area contributed by atoms with Gasteiger partial charge in [-0.1, -0.05) is 42.0 Å². The van der Waals surface area contributed by atoms with E-state index in [0.29, 0.717) is 0 Å². The Morgan fingerprint density at radius 1 is 0.957 bits per heavy atom. The zero-order valence-electron chi connectivity index (χ0n) is 14.5. The highest BCUT2D eigenvalue weighted by atomic mass is 32.2. The number of hydrogen-bond donors (Lipinski definition) is 1. The first-order valence-electron chi connectivity index (χ1n) is 7.81. The third-order valence-electron chi connectivity index (χ3n) is 4.14. The average molecular weight is 331 g/mol. The van der Waals surface area contributed by atoms with E-state index in [9.17, 15) is 8.42 Å². The molecule has 4 heteroatoms. The van der Waals surface area contributed by atoms with Gasteiger partial charge in [0.1, 0.15) is 0 Å². The van der Waals surface area contributed by atoms with E-state index in [1.54, 1.807) is 0 Å². The molecule has 0 saturated heterocycles. The predicted molar refractivity (Wildman–Crippen MR) is 96.0 cm³/mol. The van der Waals surface area contributed by atoms with Gasteiger partial charge >= 0.3 is 0 Å². The van der Waals surface area contributed by atoms with Crippen LogP contribution in [-0.2, 0) is 15.8 Å². The second-order valence-electron chi connectivity index (χ2n) is 6.38. The van der Waals surface area contributed by atoms with Crippen molar-refractivity contribution < 1.29 is 8.42 Å². The van der Waals surface area contributed by atoms with Crippen LogP contribution in [-0.4, -0.2) is 8.42 Å².